The maximum Gasteiger partial charge on any atom is 0.242 e. The lowest BCUT2D eigenvalue weighted by Gasteiger charge is -2.17. The van der Waals surface area contributed by atoms with Gasteiger partial charge in [0.1, 0.15) is 12.4 Å². The van der Waals surface area contributed by atoms with Gasteiger partial charge in [0.2, 0.25) is 10.0 Å². The van der Waals surface area contributed by atoms with Crippen LogP contribution in [0.5, 0.6) is 5.75 Å². The van der Waals surface area contributed by atoms with Gasteiger partial charge in [-0.25, -0.2) is 12.7 Å². The highest BCUT2D eigenvalue weighted by Crippen LogP contribution is 2.23. The standard InChI is InChI=1S/C15H21NO4S/c1-4-5-10-16(2)21(18,19)14-8-9-15(20-3)13(12-14)7-6-11-17/h8-9,12,17H,4-5,10-11H2,1-3H3. The first kappa shape index (κ1) is 17.5. The molecule has 1 aromatic rings. The van der Waals surface area contributed by atoms with E-state index in [4.69, 9.17) is 9.84 Å². The summed E-state index contributed by atoms with van der Waals surface area (Å²) in [6.07, 6.45) is 1.73. The van der Waals surface area contributed by atoms with Gasteiger partial charge in [-0.05, 0) is 24.6 Å². The van der Waals surface area contributed by atoms with Crippen molar-refractivity contribution < 1.29 is 18.3 Å². The number of methoxy groups -OCH3 is 1. The van der Waals surface area contributed by atoms with Crippen molar-refractivity contribution in [3.8, 4) is 17.6 Å². The molecular formula is C15H21NO4S. The molecule has 0 fully saturated rings. The molecule has 0 radical (unpaired) electrons. The van der Waals surface area contributed by atoms with Crippen LogP contribution < -0.4 is 4.74 Å². The predicted octanol–water partition coefficient (Wildman–Crippen LogP) is 1.46. The molecular weight excluding hydrogens is 290 g/mol. The van der Waals surface area contributed by atoms with E-state index in [1.807, 2.05) is 6.92 Å². The Morgan fingerprint density at radius 2 is 2.10 bits per heavy atom. The fraction of sp³-hybridized carbons (Fsp3) is 0.467. The van der Waals surface area contributed by atoms with E-state index in [0.29, 0.717) is 17.9 Å². The third-order valence-electron chi connectivity index (χ3n) is 3.01. The number of rotatable bonds is 6. The molecule has 0 heterocycles. The highest BCUT2D eigenvalue weighted by molar-refractivity contribution is 7.89. The molecule has 1 aromatic carbocycles. The third-order valence-corrected chi connectivity index (χ3v) is 4.86. The number of aliphatic hydroxyl groups is 1. The quantitative estimate of drug-likeness (QED) is 0.808. The van der Waals surface area contributed by atoms with E-state index in [2.05, 4.69) is 11.8 Å². The summed E-state index contributed by atoms with van der Waals surface area (Å²) in [5.41, 5.74) is 0.441. The molecule has 0 aliphatic heterocycles. The Balaban J connectivity index is 3.18. The van der Waals surface area contributed by atoms with Crippen molar-refractivity contribution in [2.45, 2.75) is 24.7 Å². The van der Waals surface area contributed by atoms with Crippen LogP contribution in [-0.4, -0.2) is 45.1 Å². The van der Waals surface area contributed by atoms with Crippen molar-refractivity contribution in [1.82, 2.24) is 4.31 Å². The van der Waals surface area contributed by atoms with Crippen molar-refractivity contribution in [2.24, 2.45) is 0 Å². The van der Waals surface area contributed by atoms with Crippen molar-refractivity contribution in [3.05, 3.63) is 23.8 Å². The lowest BCUT2D eigenvalue weighted by molar-refractivity contribution is 0.350. The number of aliphatic hydroxyl groups excluding tert-OH is 1. The molecule has 0 saturated carbocycles. The Kier molecular flexibility index (Phi) is 6.69. The summed E-state index contributed by atoms with van der Waals surface area (Å²) in [6.45, 7) is 2.19. The number of benzene rings is 1. The van der Waals surface area contributed by atoms with E-state index in [0.717, 1.165) is 12.8 Å². The number of nitrogens with zero attached hydrogens (tertiary/aromatic N) is 1. The minimum atomic E-state index is -3.54. The van der Waals surface area contributed by atoms with Gasteiger partial charge in [0.05, 0.1) is 17.6 Å². The zero-order chi connectivity index (χ0) is 15.9. The van der Waals surface area contributed by atoms with Crippen LogP contribution in [0, 0.1) is 11.8 Å². The minimum absolute atomic E-state index is 0.171. The molecule has 0 unspecified atom stereocenters. The number of ether oxygens (including phenoxy) is 1. The van der Waals surface area contributed by atoms with Gasteiger partial charge in [-0.3, -0.25) is 0 Å². The second kappa shape index (κ2) is 8.03. The summed E-state index contributed by atoms with van der Waals surface area (Å²) >= 11 is 0. The van der Waals surface area contributed by atoms with Gasteiger partial charge < -0.3 is 9.84 Å². The zero-order valence-corrected chi connectivity index (χ0v) is 13.4. The summed E-state index contributed by atoms with van der Waals surface area (Å²) in [5.74, 6) is 5.68. The molecule has 116 valence electrons. The van der Waals surface area contributed by atoms with E-state index in [-0.39, 0.29) is 11.5 Å². The van der Waals surface area contributed by atoms with Crippen LogP contribution in [0.25, 0.3) is 0 Å². The Bertz CT molecular complexity index is 629. The third kappa shape index (κ3) is 4.46. The maximum atomic E-state index is 12.5. The van der Waals surface area contributed by atoms with Gasteiger partial charge in [-0.1, -0.05) is 25.2 Å². The molecule has 1 N–H and O–H groups in total. The Morgan fingerprint density at radius 1 is 1.38 bits per heavy atom. The van der Waals surface area contributed by atoms with Gasteiger partial charge in [0.15, 0.2) is 0 Å². The van der Waals surface area contributed by atoms with E-state index < -0.39 is 10.0 Å². The minimum Gasteiger partial charge on any atom is -0.495 e. The second-order valence-electron chi connectivity index (χ2n) is 4.50. The molecule has 0 saturated heterocycles. The van der Waals surface area contributed by atoms with Gasteiger partial charge >= 0.3 is 0 Å². The molecule has 1 rings (SSSR count). The Hall–Kier alpha value is -1.55. The van der Waals surface area contributed by atoms with Gasteiger partial charge in [-0.2, -0.15) is 0 Å². The average Bonchev–Trinajstić information content (AvgIpc) is 2.49. The summed E-state index contributed by atoms with van der Waals surface area (Å²) in [6, 6.07) is 4.54. The van der Waals surface area contributed by atoms with Crippen LogP contribution in [-0.2, 0) is 10.0 Å². The van der Waals surface area contributed by atoms with Crippen LogP contribution in [0.3, 0.4) is 0 Å². The number of hydrogen-bond donors (Lipinski definition) is 1. The summed E-state index contributed by atoms with van der Waals surface area (Å²) in [5, 5.41) is 8.76. The van der Waals surface area contributed by atoms with Crippen molar-refractivity contribution in [3.63, 3.8) is 0 Å². The Labute approximate surface area is 126 Å². The lowest BCUT2D eigenvalue weighted by atomic mass is 10.2. The van der Waals surface area contributed by atoms with Crippen LogP contribution in [0.4, 0.5) is 0 Å². The van der Waals surface area contributed by atoms with Gasteiger partial charge in [0, 0.05) is 13.6 Å². The highest BCUT2D eigenvalue weighted by atomic mass is 32.2. The lowest BCUT2D eigenvalue weighted by Crippen LogP contribution is -2.28. The van der Waals surface area contributed by atoms with Crippen LogP contribution in [0.15, 0.2) is 23.1 Å². The number of hydrogen-bond acceptors (Lipinski definition) is 4. The fourth-order valence-corrected chi connectivity index (χ4v) is 3.00. The van der Waals surface area contributed by atoms with E-state index in [9.17, 15) is 8.42 Å². The molecule has 0 spiro atoms. The zero-order valence-electron chi connectivity index (χ0n) is 12.6. The first-order chi connectivity index (χ1) is 9.97. The van der Waals surface area contributed by atoms with E-state index >= 15 is 0 Å². The van der Waals surface area contributed by atoms with E-state index in [1.165, 1.54) is 23.5 Å². The highest BCUT2D eigenvalue weighted by Gasteiger charge is 2.21. The van der Waals surface area contributed by atoms with Crippen molar-refractivity contribution >= 4 is 10.0 Å². The molecule has 21 heavy (non-hydrogen) atoms. The summed E-state index contributed by atoms with van der Waals surface area (Å²) in [7, 11) is -0.485. The first-order valence-corrected chi connectivity index (χ1v) is 8.15. The predicted molar refractivity (Wildman–Crippen MR) is 81.7 cm³/mol. The van der Waals surface area contributed by atoms with Crippen LogP contribution >= 0.6 is 0 Å². The molecule has 6 heteroatoms. The molecule has 0 aliphatic rings. The molecule has 0 amide bonds. The van der Waals surface area contributed by atoms with Crippen molar-refractivity contribution in [2.75, 3.05) is 27.3 Å². The van der Waals surface area contributed by atoms with E-state index in [1.54, 1.807) is 13.1 Å². The number of sulfonamides is 1. The van der Waals surface area contributed by atoms with Crippen molar-refractivity contribution in [1.29, 1.82) is 0 Å². The molecule has 0 bridgehead atoms. The molecule has 0 aromatic heterocycles. The normalized spacial score (nSPS) is 11.1. The monoisotopic (exact) mass is 311 g/mol. The molecule has 0 atom stereocenters. The second-order valence-corrected chi connectivity index (χ2v) is 6.55. The SMILES string of the molecule is CCCCN(C)S(=O)(=O)c1ccc(OC)c(C#CCO)c1. The largest absolute Gasteiger partial charge is 0.495 e. The fourth-order valence-electron chi connectivity index (χ4n) is 1.76. The van der Waals surface area contributed by atoms with Gasteiger partial charge in [0.25, 0.3) is 0 Å². The van der Waals surface area contributed by atoms with Gasteiger partial charge in [-0.15, -0.1) is 0 Å². The summed E-state index contributed by atoms with van der Waals surface area (Å²) in [4.78, 5) is 0.171. The molecule has 5 nitrogen and oxygen atoms in total. The van der Waals surface area contributed by atoms with Crippen LogP contribution in [0.1, 0.15) is 25.3 Å². The topological polar surface area (TPSA) is 66.8 Å². The summed E-state index contributed by atoms with van der Waals surface area (Å²) < 4.78 is 31.4. The average molecular weight is 311 g/mol. The molecule has 0 aliphatic carbocycles. The number of unbranched alkanes of at least 4 members (excludes halogenated alkanes) is 1. The first-order valence-electron chi connectivity index (χ1n) is 6.71. The maximum absolute atomic E-state index is 12.5. The Morgan fingerprint density at radius 3 is 2.67 bits per heavy atom. The van der Waals surface area contributed by atoms with Crippen LogP contribution in [0.2, 0.25) is 0 Å². The smallest absolute Gasteiger partial charge is 0.242 e.